The van der Waals surface area contributed by atoms with Crippen molar-refractivity contribution in [2.24, 2.45) is 0 Å². The van der Waals surface area contributed by atoms with E-state index in [1.54, 1.807) is 19.2 Å². The van der Waals surface area contributed by atoms with Crippen molar-refractivity contribution in [2.45, 2.75) is 19.3 Å². The fourth-order valence-corrected chi connectivity index (χ4v) is 3.89. The molecule has 0 spiro atoms. The van der Waals surface area contributed by atoms with Crippen molar-refractivity contribution < 1.29 is 23.5 Å². The van der Waals surface area contributed by atoms with Gasteiger partial charge in [0.05, 0.1) is 19.8 Å². The Morgan fingerprint density at radius 2 is 1.60 bits per heavy atom. The summed E-state index contributed by atoms with van der Waals surface area (Å²) in [6, 6.07) is 18.5. The molecule has 152 valence electrons. The van der Waals surface area contributed by atoms with Gasteiger partial charge in [-0.1, -0.05) is 61.5 Å². The summed E-state index contributed by atoms with van der Waals surface area (Å²) in [5.41, 5.74) is 1.45. The van der Waals surface area contributed by atoms with Gasteiger partial charge in [0, 0.05) is 21.7 Å². The van der Waals surface area contributed by atoms with Crippen LogP contribution >= 0.6 is 0 Å². The van der Waals surface area contributed by atoms with Gasteiger partial charge in [-0.2, -0.15) is 0 Å². The van der Waals surface area contributed by atoms with E-state index in [1.807, 2.05) is 55.5 Å². The lowest BCUT2D eigenvalue weighted by atomic mass is 9.92. The van der Waals surface area contributed by atoms with Crippen LogP contribution in [0.25, 0.3) is 21.7 Å². The van der Waals surface area contributed by atoms with Gasteiger partial charge in [0.2, 0.25) is 0 Å². The molecule has 3 aromatic carbocycles. The van der Waals surface area contributed by atoms with E-state index >= 15 is 0 Å². The first-order valence-corrected chi connectivity index (χ1v) is 9.80. The first kappa shape index (κ1) is 19.7. The smallest absolute Gasteiger partial charge is 0.316 e. The molecule has 0 N–H and O–H groups in total. The van der Waals surface area contributed by atoms with Gasteiger partial charge in [-0.05, 0) is 12.5 Å². The van der Waals surface area contributed by atoms with Crippen LogP contribution in [0.1, 0.15) is 40.9 Å². The highest BCUT2D eigenvalue weighted by Crippen LogP contribution is 2.41. The Labute approximate surface area is 174 Å². The van der Waals surface area contributed by atoms with Crippen molar-refractivity contribution in [2.75, 3.05) is 14.2 Å². The zero-order chi connectivity index (χ0) is 21.3. The Balaban J connectivity index is 2.10. The molecular formula is C25H22O5. The molecule has 0 aliphatic rings. The van der Waals surface area contributed by atoms with Crippen molar-refractivity contribution in [3.8, 4) is 5.75 Å². The maximum absolute atomic E-state index is 13.6. The Bertz CT molecular complexity index is 1240. The van der Waals surface area contributed by atoms with Gasteiger partial charge in [0.1, 0.15) is 23.0 Å². The van der Waals surface area contributed by atoms with Gasteiger partial charge in [0.25, 0.3) is 0 Å². The molecule has 1 atom stereocenters. The van der Waals surface area contributed by atoms with E-state index < -0.39 is 11.9 Å². The number of hydrogen-bond acceptors (Lipinski definition) is 5. The summed E-state index contributed by atoms with van der Waals surface area (Å²) in [6.07, 6.45) is 0.441. The van der Waals surface area contributed by atoms with Crippen molar-refractivity contribution in [1.82, 2.24) is 0 Å². The number of fused-ring (bicyclic) bond motifs is 3. The monoisotopic (exact) mass is 402 g/mol. The highest BCUT2D eigenvalue weighted by molar-refractivity contribution is 6.21. The van der Waals surface area contributed by atoms with E-state index in [2.05, 4.69) is 0 Å². The minimum absolute atomic E-state index is 0.205. The summed E-state index contributed by atoms with van der Waals surface area (Å²) in [6.45, 7) is 1.87. The number of furan rings is 1. The number of carbonyl (C=O) groups is 2. The maximum Gasteiger partial charge on any atom is 0.316 e. The number of methoxy groups -OCH3 is 2. The molecule has 1 unspecified atom stereocenters. The topological polar surface area (TPSA) is 65.7 Å². The minimum Gasteiger partial charge on any atom is -0.496 e. The van der Waals surface area contributed by atoms with Gasteiger partial charge >= 0.3 is 5.97 Å². The summed E-state index contributed by atoms with van der Waals surface area (Å²) in [5.74, 6) is -0.362. The SMILES string of the molecule is CCC(C(=O)OC)c1oc2c(cc(OC)c3ccccc32)c1C(=O)c1ccccc1. The first-order valence-electron chi connectivity index (χ1n) is 9.80. The van der Waals surface area contributed by atoms with Crippen LogP contribution in [0.3, 0.4) is 0 Å². The number of carbonyl (C=O) groups excluding carboxylic acids is 2. The first-order chi connectivity index (χ1) is 14.6. The predicted octanol–water partition coefficient (Wildman–Crippen LogP) is 5.49. The molecule has 30 heavy (non-hydrogen) atoms. The predicted molar refractivity (Wildman–Crippen MR) is 115 cm³/mol. The normalized spacial score (nSPS) is 12.1. The van der Waals surface area contributed by atoms with E-state index in [0.29, 0.717) is 40.0 Å². The van der Waals surface area contributed by atoms with Crippen molar-refractivity contribution in [1.29, 1.82) is 0 Å². The van der Waals surface area contributed by atoms with Crippen LogP contribution in [0.5, 0.6) is 5.75 Å². The molecule has 0 saturated carbocycles. The third-order valence-corrected chi connectivity index (χ3v) is 5.38. The van der Waals surface area contributed by atoms with Gasteiger partial charge in [-0.3, -0.25) is 9.59 Å². The molecule has 0 amide bonds. The molecule has 0 radical (unpaired) electrons. The minimum atomic E-state index is -0.685. The molecule has 0 fully saturated rings. The fraction of sp³-hybridized carbons (Fsp3) is 0.200. The summed E-state index contributed by atoms with van der Waals surface area (Å²) in [4.78, 5) is 26.1. The lowest BCUT2D eigenvalue weighted by Crippen LogP contribution is -2.16. The Morgan fingerprint density at radius 3 is 2.23 bits per heavy atom. The Kier molecular flexibility index (Phi) is 5.27. The summed E-state index contributed by atoms with van der Waals surface area (Å²) < 4.78 is 16.8. The fourth-order valence-electron chi connectivity index (χ4n) is 3.89. The van der Waals surface area contributed by atoms with Crippen LogP contribution in [0, 0.1) is 0 Å². The molecule has 1 heterocycles. The van der Waals surface area contributed by atoms with Crippen LogP contribution < -0.4 is 4.74 Å². The van der Waals surface area contributed by atoms with Crippen molar-refractivity contribution >= 4 is 33.5 Å². The maximum atomic E-state index is 13.6. The average molecular weight is 402 g/mol. The molecule has 5 heteroatoms. The zero-order valence-corrected chi connectivity index (χ0v) is 17.1. The number of esters is 1. The molecule has 0 saturated heterocycles. The van der Waals surface area contributed by atoms with Crippen molar-refractivity contribution in [3.63, 3.8) is 0 Å². The van der Waals surface area contributed by atoms with Gasteiger partial charge < -0.3 is 13.9 Å². The molecule has 4 rings (SSSR count). The van der Waals surface area contributed by atoms with Crippen LogP contribution in [-0.4, -0.2) is 26.0 Å². The van der Waals surface area contributed by atoms with Crippen LogP contribution in [0.2, 0.25) is 0 Å². The van der Waals surface area contributed by atoms with Crippen LogP contribution in [0.4, 0.5) is 0 Å². The van der Waals surface area contributed by atoms with E-state index in [9.17, 15) is 9.59 Å². The number of hydrogen-bond donors (Lipinski definition) is 0. The van der Waals surface area contributed by atoms with Crippen molar-refractivity contribution in [3.05, 3.63) is 77.6 Å². The molecular weight excluding hydrogens is 380 g/mol. The molecule has 5 nitrogen and oxygen atoms in total. The van der Waals surface area contributed by atoms with Crippen LogP contribution in [0.15, 0.2) is 65.1 Å². The number of ether oxygens (including phenoxy) is 2. The summed E-state index contributed by atoms with van der Waals surface area (Å²) in [5, 5.41) is 2.31. The lowest BCUT2D eigenvalue weighted by Gasteiger charge is -2.11. The van der Waals surface area contributed by atoms with E-state index in [1.165, 1.54) is 7.11 Å². The second-order valence-corrected chi connectivity index (χ2v) is 7.02. The summed E-state index contributed by atoms with van der Waals surface area (Å²) >= 11 is 0. The molecule has 0 bridgehead atoms. The highest BCUT2D eigenvalue weighted by atomic mass is 16.5. The third-order valence-electron chi connectivity index (χ3n) is 5.38. The van der Waals surface area contributed by atoms with E-state index in [-0.39, 0.29) is 5.78 Å². The summed E-state index contributed by atoms with van der Waals surface area (Å²) in [7, 11) is 2.93. The van der Waals surface area contributed by atoms with Crippen LogP contribution in [-0.2, 0) is 9.53 Å². The molecule has 4 aromatic rings. The van der Waals surface area contributed by atoms with E-state index in [4.69, 9.17) is 13.9 Å². The molecule has 0 aliphatic carbocycles. The zero-order valence-electron chi connectivity index (χ0n) is 17.1. The van der Waals surface area contributed by atoms with Gasteiger partial charge in [-0.15, -0.1) is 0 Å². The second kappa shape index (κ2) is 8.03. The molecule has 0 aliphatic heterocycles. The van der Waals surface area contributed by atoms with Gasteiger partial charge in [0.15, 0.2) is 5.78 Å². The number of rotatable bonds is 6. The quantitative estimate of drug-likeness (QED) is 0.315. The standard InChI is InChI=1S/C25H22O5/c1-4-16(25(27)29-3)24-21(22(26)15-10-6-5-7-11-15)19-14-20(28-2)17-12-8-9-13-18(17)23(19)30-24/h5-14,16H,4H2,1-3H3. The van der Waals surface area contributed by atoms with Gasteiger partial charge in [-0.25, -0.2) is 0 Å². The Morgan fingerprint density at radius 1 is 0.933 bits per heavy atom. The largest absolute Gasteiger partial charge is 0.496 e. The second-order valence-electron chi connectivity index (χ2n) is 7.02. The Hall–Kier alpha value is -3.60. The number of benzene rings is 3. The lowest BCUT2D eigenvalue weighted by molar-refractivity contribution is -0.142. The highest BCUT2D eigenvalue weighted by Gasteiger charge is 2.32. The average Bonchev–Trinajstić information content (AvgIpc) is 3.18. The third kappa shape index (κ3) is 3.12. The molecule has 1 aromatic heterocycles. The number of ketones is 1. The van der Waals surface area contributed by atoms with E-state index in [0.717, 1.165) is 10.8 Å².